The highest BCUT2D eigenvalue weighted by atomic mass is 127. The Bertz CT molecular complexity index is 681. The summed E-state index contributed by atoms with van der Waals surface area (Å²) < 4.78 is 15.9. The first-order valence-electron chi connectivity index (χ1n) is 8.58. The molecule has 7 heteroatoms. The van der Waals surface area contributed by atoms with Crippen LogP contribution >= 0.6 is 24.0 Å². The molecule has 0 unspecified atom stereocenters. The van der Waals surface area contributed by atoms with Crippen LogP contribution in [0.1, 0.15) is 38.2 Å². The second-order valence-corrected chi connectivity index (χ2v) is 6.08. The van der Waals surface area contributed by atoms with Crippen LogP contribution in [0.5, 0.6) is 0 Å². The second-order valence-electron chi connectivity index (χ2n) is 6.08. The summed E-state index contributed by atoms with van der Waals surface area (Å²) in [4.78, 5) is 8.54. The molecule has 2 N–H and O–H groups in total. The number of aliphatic imine (C=N–C) groups is 1. The van der Waals surface area contributed by atoms with Gasteiger partial charge in [-0.05, 0) is 37.5 Å². The van der Waals surface area contributed by atoms with Gasteiger partial charge < -0.3 is 15.2 Å². The van der Waals surface area contributed by atoms with Crippen molar-refractivity contribution in [3.05, 3.63) is 48.3 Å². The highest BCUT2D eigenvalue weighted by Gasteiger charge is 2.15. The van der Waals surface area contributed by atoms with Crippen LogP contribution in [0.3, 0.4) is 0 Å². The van der Waals surface area contributed by atoms with Crippen LogP contribution < -0.4 is 10.6 Å². The van der Waals surface area contributed by atoms with Crippen molar-refractivity contribution in [3.63, 3.8) is 0 Å². The van der Waals surface area contributed by atoms with E-state index in [9.17, 15) is 4.39 Å². The molecule has 25 heavy (non-hydrogen) atoms. The van der Waals surface area contributed by atoms with Crippen LogP contribution in [0.2, 0.25) is 0 Å². The second kappa shape index (κ2) is 9.74. The van der Waals surface area contributed by atoms with Crippen molar-refractivity contribution in [2.75, 3.05) is 6.54 Å². The first-order valence-corrected chi connectivity index (χ1v) is 8.58. The smallest absolute Gasteiger partial charge is 0.191 e. The van der Waals surface area contributed by atoms with Gasteiger partial charge in [-0.1, -0.05) is 18.9 Å². The Balaban J connectivity index is 0.00000225. The van der Waals surface area contributed by atoms with Crippen LogP contribution in [0.4, 0.5) is 4.39 Å². The molecule has 1 aromatic heterocycles. The number of halogens is 2. The SMILES string of the molecule is CCNC(=NCc1ccc(-n2ccnc2)c(F)c1)NC1CCCC1.I. The molecule has 0 radical (unpaired) electrons. The van der Waals surface area contributed by atoms with Crippen LogP contribution in [0.25, 0.3) is 5.69 Å². The number of nitrogens with one attached hydrogen (secondary N) is 2. The van der Waals surface area contributed by atoms with Crippen molar-refractivity contribution < 1.29 is 4.39 Å². The first-order chi connectivity index (χ1) is 11.8. The topological polar surface area (TPSA) is 54.2 Å². The molecule has 1 aliphatic carbocycles. The van der Waals surface area contributed by atoms with Gasteiger partial charge >= 0.3 is 0 Å². The molecular formula is C18H25FIN5. The third kappa shape index (κ3) is 5.42. The number of aromatic nitrogens is 2. The van der Waals surface area contributed by atoms with E-state index in [2.05, 4.69) is 20.6 Å². The van der Waals surface area contributed by atoms with E-state index in [1.807, 2.05) is 13.0 Å². The molecule has 5 nitrogen and oxygen atoms in total. The minimum Gasteiger partial charge on any atom is -0.357 e. The zero-order valence-corrected chi connectivity index (χ0v) is 16.7. The molecular weight excluding hydrogens is 432 g/mol. The predicted octanol–water partition coefficient (Wildman–Crippen LogP) is 3.63. The minimum atomic E-state index is -0.269. The van der Waals surface area contributed by atoms with E-state index >= 15 is 0 Å². The lowest BCUT2D eigenvalue weighted by Gasteiger charge is -2.16. The van der Waals surface area contributed by atoms with Crippen molar-refractivity contribution in [2.45, 2.75) is 45.2 Å². The summed E-state index contributed by atoms with van der Waals surface area (Å²) in [7, 11) is 0. The molecule has 0 amide bonds. The van der Waals surface area contributed by atoms with E-state index in [-0.39, 0.29) is 29.8 Å². The summed E-state index contributed by atoms with van der Waals surface area (Å²) in [5.74, 6) is 0.540. The summed E-state index contributed by atoms with van der Waals surface area (Å²) in [6.45, 7) is 3.31. The standard InChI is InChI=1S/C18H24FN5.HI/c1-2-21-18(23-15-5-3-4-6-15)22-12-14-7-8-17(16(19)11-14)24-10-9-20-13-24;/h7-11,13,15H,2-6,12H2,1H3,(H2,21,22,23);1H. The minimum absolute atomic E-state index is 0. The van der Waals surface area contributed by atoms with E-state index in [4.69, 9.17) is 0 Å². The van der Waals surface area contributed by atoms with E-state index in [1.54, 1.807) is 29.4 Å². The molecule has 1 fully saturated rings. The van der Waals surface area contributed by atoms with Gasteiger partial charge in [0.25, 0.3) is 0 Å². The van der Waals surface area contributed by atoms with Gasteiger partial charge in [0.1, 0.15) is 5.82 Å². The van der Waals surface area contributed by atoms with Gasteiger partial charge in [-0.2, -0.15) is 0 Å². The molecule has 3 rings (SSSR count). The van der Waals surface area contributed by atoms with Crippen molar-refractivity contribution in [1.82, 2.24) is 20.2 Å². The normalized spacial score (nSPS) is 15.0. The monoisotopic (exact) mass is 457 g/mol. The molecule has 1 heterocycles. The van der Waals surface area contributed by atoms with Crippen LogP contribution in [0, 0.1) is 5.82 Å². The van der Waals surface area contributed by atoms with E-state index in [0.717, 1.165) is 18.1 Å². The van der Waals surface area contributed by atoms with E-state index in [1.165, 1.54) is 31.7 Å². The Morgan fingerprint density at radius 3 is 2.80 bits per heavy atom. The zero-order valence-electron chi connectivity index (χ0n) is 14.4. The highest BCUT2D eigenvalue weighted by Crippen LogP contribution is 2.18. The molecule has 0 atom stereocenters. The molecule has 0 spiro atoms. The lowest BCUT2D eigenvalue weighted by molar-refractivity contribution is 0.611. The lowest BCUT2D eigenvalue weighted by Crippen LogP contribution is -2.42. The maximum atomic E-state index is 14.3. The Morgan fingerprint density at radius 2 is 2.16 bits per heavy atom. The number of nitrogens with zero attached hydrogens (tertiary/aromatic N) is 3. The summed E-state index contributed by atoms with van der Waals surface area (Å²) in [6, 6.07) is 5.71. The molecule has 1 aliphatic rings. The fraction of sp³-hybridized carbons (Fsp3) is 0.444. The zero-order chi connectivity index (χ0) is 16.8. The van der Waals surface area contributed by atoms with Crippen molar-refractivity contribution in [2.24, 2.45) is 4.99 Å². The number of rotatable bonds is 5. The van der Waals surface area contributed by atoms with Crippen molar-refractivity contribution >= 4 is 29.9 Å². The fourth-order valence-electron chi connectivity index (χ4n) is 3.01. The maximum absolute atomic E-state index is 14.3. The van der Waals surface area contributed by atoms with Gasteiger partial charge in [0, 0.05) is 25.0 Å². The van der Waals surface area contributed by atoms with Gasteiger partial charge in [-0.3, -0.25) is 0 Å². The Kier molecular flexibility index (Phi) is 7.67. The predicted molar refractivity (Wildman–Crippen MR) is 109 cm³/mol. The third-order valence-corrected chi connectivity index (χ3v) is 4.25. The van der Waals surface area contributed by atoms with Crippen molar-refractivity contribution in [1.29, 1.82) is 0 Å². The molecule has 1 aromatic carbocycles. The van der Waals surface area contributed by atoms with Crippen LogP contribution in [-0.4, -0.2) is 28.1 Å². The summed E-state index contributed by atoms with van der Waals surface area (Å²) in [5.41, 5.74) is 1.34. The third-order valence-electron chi connectivity index (χ3n) is 4.25. The van der Waals surface area contributed by atoms with Crippen LogP contribution in [-0.2, 0) is 6.54 Å². The Morgan fingerprint density at radius 1 is 1.36 bits per heavy atom. The van der Waals surface area contributed by atoms with Gasteiger partial charge in [0.2, 0.25) is 0 Å². The Hall–Kier alpha value is -1.64. The Labute approximate surface area is 165 Å². The molecule has 0 saturated heterocycles. The molecule has 0 bridgehead atoms. The number of hydrogen-bond donors (Lipinski definition) is 2. The number of benzene rings is 1. The maximum Gasteiger partial charge on any atom is 0.191 e. The van der Waals surface area contributed by atoms with Crippen LogP contribution in [0.15, 0.2) is 41.9 Å². The number of hydrogen-bond acceptors (Lipinski definition) is 2. The molecule has 1 saturated carbocycles. The summed E-state index contributed by atoms with van der Waals surface area (Å²) in [5, 5.41) is 6.73. The van der Waals surface area contributed by atoms with Crippen molar-refractivity contribution in [3.8, 4) is 5.69 Å². The largest absolute Gasteiger partial charge is 0.357 e. The summed E-state index contributed by atoms with van der Waals surface area (Å²) in [6.07, 6.45) is 9.89. The number of imidazole rings is 1. The van der Waals surface area contributed by atoms with E-state index in [0.29, 0.717) is 18.3 Å². The van der Waals surface area contributed by atoms with Gasteiger partial charge in [-0.25, -0.2) is 14.4 Å². The lowest BCUT2D eigenvalue weighted by atomic mass is 10.2. The van der Waals surface area contributed by atoms with E-state index < -0.39 is 0 Å². The number of guanidine groups is 1. The highest BCUT2D eigenvalue weighted by molar-refractivity contribution is 14.0. The summed E-state index contributed by atoms with van der Waals surface area (Å²) >= 11 is 0. The average Bonchev–Trinajstić information content (AvgIpc) is 3.26. The first kappa shape index (κ1) is 19.7. The fourth-order valence-corrected chi connectivity index (χ4v) is 3.01. The average molecular weight is 457 g/mol. The quantitative estimate of drug-likeness (QED) is 0.410. The molecule has 2 aromatic rings. The van der Waals surface area contributed by atoms with Gasteiger partial charge in [0.05, 0.1) is 18.6 Å². The molecule has 0 aliphatic heterocycles. The van der Waals surface area contributed by atoms with Gasteiger partial charge in [0.15, 0.2) is 5.96 Å². The van der Waals surface area contributed by atoms with Gasteiger partial charge in [-0.15, -0.1) is 24.0 Å². The molecule has 136 valence electrons.